The minimum atomic E-state index is 0.123. The van der Waals surface area contributed by atoms with E-state index in [9.17, 15) is 4.79 Å². The molecule has 0 fully saturated rings. The van der Waals surface area contributed by atoms with Gasteiger partial charge in [0.05, 0.1) is 16.6 Å². The number of carbonyl (C=O) groups excluding carboxylic acids is 1. The van der Waals surface area contributed by atoms with E-state index in [1.165, 1.54) is 0 Å². The Morgan fingerprint density at radius 3 is 2.68 bits per heavy atom. The highest BCUT2D eigenvalue weighted by Crippen LogP contribution is 2.31. The molecule has 2 heterocycles. The molecule has 0 saturated heterocycles. The van der Waals surface area contributed by atoms with Gasteiger partial charge in [0.25, 0.3) is 0 Å². The smallest absolute Gasteiger partial charge is 0.234 e. The number of thiazole rings is 1. The zero-order valence-corrected chi connectivity index (χ0v) is 16.5. The average molecular weight is 374 g/mol. The van der Waals surface area contributed by atoms with E-state index in [0.29, 0.717) is 13.0 Å². The molecule has 3 rings (SSSR count). The van der Waals surface area contributed by atoms with E-state index < -0.39 is 0 Å². The summed E-state index contributed by atoms with van der Waals surface area (Å²) in [6.07, 6.45) is 1.37. The van der Waals surface area contributed by atoms with Crippen LogP contribution in [-0.4, -0.2) is 43.0 Å². The Labute approximate surface area is 156 Å². The lowest BCUT2D eigenvalue weighted by molar-refractivity contribution is -0.118. The average Bonchev–Trinajstić information content (AvgIpc) is 3.21. The molecule has 132 valence electrons. The molecule has 1 amide bonds. The van der Waals surface area contributed by atoms with Gasteiger partial charge in [-0.1, -0.05) is 29.5 Å². The van der Waals surface area contributed by atoms with Crippen molar-refractivity contribution in [1.82, 2.24) is 9.88 Å². The first kappa shape index (κ1) is 18.0. The normalized spacial score (nSPS) is 11.4. The van der Waals surface area contributed by atoms with Crippen LogP contribution in [0.25, 0.3) is 10.2 Å². The summed E-state index contributed by atoms with van der Waals surface area (Å²) >= 11 is 3.23. The molecule has 0 aliphatic heterocycles. The Kier molecular flexibility index (Phi) is 5.83. The number of nitrogens with zero attached hydrogens (tertiary/aromatic N) is 3. The van der Waals surface area contributed by atoms with Crippen LogP contribution in [0.1, 0.15) is 16.9 Å². The minimum Gasteiger partial charge on any atom is -0.309 e. The molecule has 3 aromatic rings. The summed E-state index contributed by atoms with van der Waals surface area (Å²) < 4.78 is 1.14. The molecule has 1 aromatic carbocycles. The van der Waals surface area contributed by atoms with E-state index in [0.717, 1.165) is 38.8 Å². The summed E-state index contributed by atoms with van der Waals surface area (Å²) in [5.74, 6) is 0.123. The molecular weight excluding hydrogens is 350 g/mol. The van der Waals surface area contributed by atoms with E-state index in [1.807, 2.05) is 28.5 Å². The maximum Gasteiger partial charge on any atom is 0.234 e. The van der Waals surface area contributed by atoms with E-state index in [2.05, 4.69) is 38.1 Å². The number of thiophene rings is 1. The van der Waals surface area contributed by atoms with Gasteiger partial charge in [0, 0.05) is 11.4 Å². The number of hydrogen-bond donors (Lipinski definition) is 0. The molecule has 0 aliphatic rings. The third-order valence-corrected chi connectivity index (χ3v) is 5.95. The Hall–Kier alpha value is -1.76. The molecule has 0 N–H and O–H groups in total. The highest BCUT2D eigenvalue weighted by molar-refractivity contribution is 7.22. The second-order valence-electron chi connectivity index (χ2n) is 6.38. The van der Waals surface area contributed by atoms with Crippen molar-refractivity contribution in [2.45, 2.75) is 19.8 Å². The predicted octanol–water partition coefficient (Wildman–Crippen LogP) is 4.19. The van der Waals surface area contributed by atoms with Crippen LogP contribution in [0.5, 0.6) is 0 Å². The van der Waals surface area contributed by atoms with Crippen molar-refractivity contribution in [2.24, 2.45) is 0 Å². The molecule has 2 aromatic heterocycles. The Balaban J connectivity index is 1.85. The van der Waals surface area contributed by atoms with Crippen molar-refractivity contribution in [2.75, 3.05) is 32.1 Å². The first-order valence-corrected chi connectivity index (χ1v) is 10.1. The summed E-state index contributed by atoms with van der Waals surface area (Å²) in [7, 11) is 4.11. The second-order valence-corrected chi connectivity index (χ2v) is 8.42. The van der Waals surface area contributed by atoms with E-state index in [-0.39, 0.29) is 5.91 Å². The maximum atomic E-state index is 12.9. The SMILES string of the molecule is Cc1cccc2sc(N(CCCN(C)C)C(=O)Cc3cccs3)nc12. The lowest BCUT2D eigenvalue weighted by Gasteiger charge is -2.20. The Bertz CT molecular complexity index is 840. The number of benzene rings is 1. The number of aromatic nitrogens is 1. The molecule has 4 nitrogen and oxygen atoms in total. The Morgan fingerprint density at radius 2 is 2.00 bits per heavy atom. The summed E-state index contributed by atoms with van der Waals surface area (Å²) in [4.78, 5) is 22.8. The number of amides is 1. The van der Waals surface area contributed by atoms with Gasteiger partial charge in [-0.05, 0) is 57.1 Å². The molecule has 6 heteroatoms. The molecule has 0 unspecified atom stereocenters. The summed E-state index contributed by atoms with van der Waals surface area (Å²) in [5, 5.41) is 2.82. The lowest BCUT2D eigenvalue weighted by atomic mass is 10.2. The third kappa shape index (κ3) is 4.45. The number of rotatable bonds is 7. The fraction of sp³-hybridized carbons (Fsp3) is 0.368. The van der Waals surface area contributed by atoms with Gasteiger partial charge in [-0.3, -0.25) is 9.69 Å². The highest BCUT2D eigenvalue weighted by Gasteiger charge is 2.20. The summed E-state index contributed by atoms with van der Waals surface area (Å²) in [6, 6.07) is 10.2. The fourth-order valence-corrected chi connectivity index (χ4v) is 4.50. The number of anilines is 1. The van der Waals surface area contributed by atoms with Crippen LogP contribution in [-0.2, 0) is 11.2 Å². The van der Waals surface area contributed by atoms with Crippen molar-refractivity contribution in [3.8, 4) is 0 Å². The molecule has 0 aliphatic carbocycles. The van der Waals surface area contributed by atoms with Gasteiger partial charge in [-0.2, -0.15) is 0 Å². The van der Waals surface area contributed by atoms with Crippen molar-refractivity contribution >= 4 is 43.9 Å². The number of aryl methyl sites for hydroxylation is 1. The topological polar surface area (TPSA) is 36.4 Å². The van der Waals surface area contributed by atoms with Crippen molar-refractivity contribution in [3.05, 3.63) is 46.2 Å². The van der Waals surface area contributed by atoms with Crippen LogP contribution >= 0.6 is 22.7 Å². The van der Waals surface area contributed by atoms with Gasteiger partial charge in [0.1, 0.15) is 0 Å². The van der Waals surface area contributed by atoms with Crippen molar-refractivity contribution in [1.29, 1.82) is 0 Å². The highest BCUT2D eigenvalue weighted by atomic mass is 32.1. The maximum absolute atomic E-state index is 12.9. The van der Waals surface area contributed by atoms with Crippen LogP contribution in [0.15, 0.2) is 35.7 Å². The number of hydrogen-bond acceptors (Lipinski definition) is 5. The summed E-state index contributed by atoms with van der Waals surface area (Å²) in [5.41, 5.74) is 2.16. The molecule has 0 saturated carbocycles. The van der Waals surface area contributed by atoms with Gasteiger partial charge in [-0.15, -0.1) is 11.3 Å². The van der Waals surface area contributed by atoms with Gasteiger partial charge >= 0.3 is 0 Å². The predicted molar refractivity (Wildman–Crippen MR) is 108 cm³/mol. The second kappa shape index (κ2) is 8.08. The van der Waals surface area contributed by atoms with Crippen LogP contribution in [0.2, 0.25) is 0 Å². The van der Waals surface area contributed by atoms with Crippen LogP contribution in [0.4, 0.5) is 5.13 Å². The fourth-order valence-electron chi connectivity index (χ4n) is 2.72. The first-order chi connectivity index (χ1) is 12.0. The largest absolute Gasteiger partial charge is 0.309 e. The lowest BCUT2D eigenvalue weighted by Crippen LogP contribution is -2.34. The van der Waals surface area contributed by atoms with E-state index in [1.54, 1.807) is 22.7 Å². The minimum absolute atomic E-state index is 0.123. The number of para-hydroxylation sites is 1. The van der Waals surface area contributed by atoms with Crippen LogP contribution in [0, 0.1) is 6.92 Å². The van der Waals surface area contributed by atoms with Crippen molar-refractivity contribution < 1.29 is 4.79 Å². The quantitative estimate of drug-likeness (QED) is 0.623. The van der Waals surface area contributed by atoms with Crippen LogP contribution < -0.4 is 4.90 Å². The first-order valence-electron chi connectivity index (χ1n) is 8.38. The molecule has 0 radical (unpaired) electrons. The molecule has 25 heavy (non-hydrogen) atoms. The molecular formula is C19H23N3OS2. The number of carbonyl (C=O) groups is 1. The summed E-state index contributed by atoms with van der Waals surface area (Å²) in [6.45, 7) is 3.71. The molecule has 0 spiro atoms. The van der Waals surface area contributed by atoms with Gasteiger partial charge in [0.2, 0.25) is 5.91 Å². The Morgan fingerprint density at radius 1 is 1.16 bits per heavy atom. The third-order valence-electron chi connectivity index (χ3n) is 4.03. The van der Waals surface area contributed by atoms with E-state index in [4.69, 9.17) is 4.98 Å². The van der Waals surface area contributed by atoms with Crippen LogP contribution in [0.3, 0.4) is 0 Å². The molecule has 0 bridgehead atoms. The standard InChI is InChI=1S/C19H23N3OS2/c1-14-7-4-9-16-18(14)20-19(25-16)22(11-6-10-21(2)3)17(23)13-15-8-5-12-24-15/h4-5,7-9,12H,6,10-11,13H2,1-3H3. The zero-order chi connectivity index (χ0) is 17.8. The van der Waals surface area contributed by atoms with Crippen molar-refractivity contribution in [3.63, 3.8) is 0 Å². The van der Waals surface area contributed by atoms with E-state index >= 15 is 0 Å². The number of fused-ring (bicyclic) bond motifs is 1. The zero-order valence-electron chi connectivity index (χ0n) is 14.9. The molecule has 0 atom stereocenters. The van der Waals surface area contributed by atoms with Gasteiger partial charge in [-0.25, -0.2) is 4.98 Å². The van der Waals surface area contributed by atoms with Gasteiger partial charge < -0.3 is 4.90 Å². The van der Waals surface area contributed by atoms with Gasteiger partial charge in [0.15, 0.2) is 5.13 Å². The monoisotopic (exact) mass is 373 g/mol.